The van der Waals surface area contributed by atoms with Gasteiger partial charge in [-0.15, -0.1) is 0 Å². The van der Waals surface area contributed by atoms with Gasteiger partial charge in [0.15, 0.2) is 0 Å². The molecule has 0 bridgehead atoms. The van der Waals surface area contributed by atoms with Gasteiger partial charge in [0.1, 0.15) is 17.1 Å². The number of pyridine rings is 1. The van der Waals surface area contributed by atoms with Gasteiger partial charge in [0.05, 0.1) is 11.1 Å². The molecule has 1 aromatic carbocycles. The predicted octanol–water partition coefficient (Wildman–Crippen LogP) is 4.64. The van der Waals surface area contributed by atoms with Crippen molar-refractivity contribution in [2.24, 2.45) is 5.73 Å². The highest BCUT2D eigenvalue weighted by Gasteiger charge is 2.19. The van der Waals surface area contributed by atoms with Crippen LogP contribution in [0.1, 0.15) is 32.8 Å². The standard InChI is InChI=1S/C15H12FN3O2.C2H6.2H2/c1-8-2-3-11(10(16)6-8)19-13-9-7-18-5-4-12(9)21-14(13)15(17)20;1-2;;/h2-7,19H,1H3,(H2,17,20);1-2H3;2*1H. The Morgan fingerprint density at radius 3 is 2.74 bits per heavy atom. The lowest BCUT2D eigenvalue weighted by molar-refractivity contribution is 0.0977. The lowest BCUT2D eigenvalue weighted by Gasteiger charge is -2.07. The number of nitrogens with one attached hydrogen (secondary N) is 1. The number of amides is 1. The third kappa shape index (κ3) is 3.31. The molecule has 0 saturated heterocycles. The number of benzene rings is 1. The van der Waals surface area contributed by atoms with Gasteiger partial charge in [0.2, 0.25) is 5.76 Å². The van der Waals surface area contributed by atoms with Crippen LogP contribution in [0.25, 0.3) is 11.0 Å². The number of halogens is 1. The summed E-state index contributed by atoms with van der Waals surface area (Å²) in [6.45, 7) is 5.79. The summed E-state index contributed by atoms with van der Waals surface area (Å²) in [7, 11) is 0. The average molecular weight is 319 g/mol. The molecule has 0 aliphatic heterocycles. The second kappa shape index (κ2) is 6.91. The zero-order chi connectivity index (χ0) is 17.0. The van der Waals surface area contributed by atoms with Crippen LogP contribution in [0, 0.1) is 12.7 Å². The van der Waals surface area contributed by atoms with Crippen LogP contribution < -0.4 is 11.1 Å². The fourth-order valence-corrected chi connectivity index (χ4v) is 2.10. The summed E-state index contributed by atoms with van der Waals surface area (Å²) in [5, 5.41) is 3.42. The van der Waals surface area contributed by atoms with E-state index in [-0.39, 0.29) is 14.3 Å². The van der Waals surface area contributed by atoms with Crippen molar-refractivity contribution >= 4 is 28.3 Å². The summed E-state index contributed by atoms with van der Waals surface area (Å²) in [5.41, 5.74) is 7.10. The van der Waals surface area contributed by atoms with Crippen molar-refractivity contribution in [3.63, 3.8) is 0 Å². The third-order valence-corrected chi connectivity index (χ3v) is 3.10. The van der Waals surface area contributed by atoms with Gasteiger partial charge in [0.25, 0.3) is 5.91 Å². The van der Waals surface area contributed by atoms with Gasteiger partial charge in [0, 0.05) is 15.2 Å². The fraction of sp³-hybridized carbons (Fsp3) is 0.176. The summed E-state index contributed by atoms with van der Waals surface area (Å²) in [6.07, 6.45) is 3.06. The Bertz CT molecular complexity index is 853. The molecule has 3 rings (SSSR count). The van der Waals surface area contributed by atoms with E-state index >= 15 is 0 Å². The average Bonchev–Trinajstić information content (AvgIpc) is 2.91. The molecule has 0 aliphatic carbocycles. The first-order chi connectivity index (χ1) is 11.1. The third-order valence-electron chi connectivity index (χ3n) is 3.10. The minimum atomic E-state index is -0.735. The van der Waals surface area contributed by atoms with Crippen LogP contribution in [-0.4, -0.2) is 10.9 Å². The Kier molecular flexibility index (Phi) is 4.95. The Morgan fingerprint density at radius 2 is 2.09 bits per heavy atom. The first-order valence-corrected chi connectivity index (χ1v) is 7.26. The SMILES string of the molecule is CC.Cc1ccc(Nc2c(C(N)=O)oc3ccncc23)c(F)c1.[HH].[HH]. The maximum Gasteiger partial charge on any atom is 0.286 e. The molecule has 2 heterocycles. The number of anilines is 2. The van der Waals surface area contributed by atoms with Gasteiger partial charge in [-0.3, -0.25) is 9.78 Å². The van der Waals surface area contributed by atoms with E-state index in [1.165, 1.54) is 18.5 Å². The molecule has 6 heteroatoms. The highest BCUT2D eigenvalue weighted by molar-refractivity contribution is 6.06. The molecular weight excluding hydrogens is 297 g/mol. The molecule has 0 unspecified atom stereocenters. The van der Waals surface area contributed by atoms with Crippen LogP contribution >= 0.6 is 0 Å². The van der Waals surface area contributed by atoms with Gasteiger partial charge in [-0.1, -0.05) is 19.9 Å². The molecule has 0 aliphatic rings. The smallest absolute Gasteiger partial charge is 0.286 e. The highest BCUT2D eigenvalue weighted by Crippen LogP contribution is 2.33. The molecule has 3 N–H and O–H groups in total. The van der Waals surface area contributed by atoms with Crippen molar-refractivity contribution in [2.45, 2.75) is 20.8 Å². The molecule has 5 nitrogen and oxygen atoms in total. The molecule has 0 saturated carbocycles. The van der Waals surface area contributed by atoms with Gasteiger partial charge >= 0.3 is 0 Å². The first-order valence-electron chi connectivity index (χ1n) is 7.26. The minimum absolute atomic E-state index is 0. The summed E-state index contributed by atoms with van der Waals surface area (Å²) in [4.78, 5) is 15.5. The van der Waals surface area contributed by atoms with Crippen molar-refractivity contribution in [1.82, 2.24) is 4.98 Å². The van der Waals surface area contributed by atoms with Crippen LogP contribution in [-0.2, 0) is 0 Å². The summed E-state index contributed by atoms with van der Waals surface area (Å²) < 4.78 is 19.3. The second-order valence-electron chi connectivity index (χ2n) is 4.65. The fourth-order valence-electron chi connectivity index (χ4n) is 2.10. The number of aryl methyl sites for hydroxylation is 1. The van der Waals surface area contributed by atoms with Crippen molar-refractivity contribution in [1.29, 1.82) is 0 Å². The summed E-state index contributed by atoms with van der Waals surface area (Å²) >= 11 is 0. The van der Waals surface area contributed by atoms with Crippen molar-refractivity contribution in [3.8, 4) is 0 Å². The number of carbonyl (C=O) groups is 1. The molecule has 124 valence electrons. The molecule has 0 radical (unpaired) electrons. The van der Waals surface area contributed by atoms with E-state index in [0.717, 1.165) is 5.56 Å². The molecule has 23 heavy (non-hydrogen) atoms. The number of rotatable bonds is 3. The van der Waals surface area contributed by atoms with E-state index in [4.69, 9.17) is 10.2 Å². The van der Waals surface area contributed by atoms with Crippen LogP contribution in [0.4, 0.5) is 15.8 Å². The number of primary amides is 1. The van der Waals surface area contributed by atoms with E-state index in [2.05, 4.69) is 10.3 Å². The monoisotopic (exact) mass is 319 g/mol. The topological polar surface area (TPSA) is 81.1 Å². The normalized spacial score (nSPS) is 10.1. The maximum absolute atomic E-state index is 14.0. The number of carbonyl (C=O) groups excluding carboxylic acids is 1. The highest BCUT2D eigenvalue weighted by atomic mass is 19.1. The largest absolute Gasteiger partial charge is 0.448 e. The van der Waals surface area contributed by atoms with E-state index < -0.39 is 11.7 Å². The van der Waals surface area contributed by atoms with Crippen molar-refractivity contribution in [3.05, 3.63) is 53.8 Å². The van der Waals surface area contributed by atoms with E-state index in [9.17, 15) is 9.18 Å². The maximum atomic E-state index is 14.0. The van der Waals surface area contributed by atoms with Crippen LogP contribution in [0.15, 0.2) is 41.1 Å². The number of hydrogen-bond donors (Lipinski definition) is 2. The van der Waals surface area contributed by atoms with E-state index in [1.807, 2.05) is 13.8 Å². The van der Waals surface area contributed by atoms with Crippen molar-refractivity contribution in [2.75, 3.05) is 5.32 Å². The lowest BCUT2D eigenvalue weighted by atomic mass is 10.2. The molecule has 2 aromatic heterocycles. The lowest BCUT2D eigenvalue weighted by Crippen LogP contribution is -2.11. The quantitative estimate of drug-likeness (QED) is 0.737. The molecule has 3 aromatic rings. The Labute approximate surface area is 136 Å². The number of furan rings is 1. The molecular formula is C17H22FN3O2. The van der Waals surface area contributed by atoms with Gasteiger partial charge < -0.3 is 15.5 Å². The molecule has 0 spiro atoms. The zero-order valence-electron chi connectivity index (χ0n) is 13.2. The Morgan fingerprint density at radius 1 is 1.35 bits per heavy atom. The van der Waals surface area contributed by atoms with Gasteiger partial charge in [-0.25, -0.2) is 4.39 Å². The molecule has 1 amide bonds. The Balaban J connectivity index is 0.00000139. The Hall–Kier alpha value is -2.89. The second-order valence-corrected chi connectivity index (χ2v) is 4.65. The molecule has 0 atom stereocenters. The summed E-state index contributed by atoms with van der Waals surface area (Å²) in [6, 6.07) is 6.35. The minimum Gasteiger partial charge on any atom is -0.448 e. The van der Waals surface area contributed by atoms with Crippen molar-refractivity contribution < 1.29 is 16.5 Å². The number of nitrogens with zero attached hydrogens (tertiary/aromatic N) is 1. The number of aromatic nitrogens is 1. The number of fused-ring (bicyclic) bond motifs is 1. The van der Waals surface area contributed by atoms with Crippen LogP contribution in [0.2, 0.25) is 0 Å². The molecule has 0 fully saturated rings. The number of hydrogen-bond acceptors (Lipinski definition) is 4. The van der Waals surface area contributed by atoms with Gasteiger partial charge in [-0.2, -0.15) is 0 Å². The van der Waals surface area contributed by atoms with E-state index in [0.29, 0.717) is 16.7 Å². The summed E-state index contributed by atoms with van der Waals surface area (Å²) in [5.74, 6) is -1.22. The van der Waals surface area contributed by atoms with Crippen LogP contribution in [0.3, 0.4) is 0 Å². The zero-order valence-corrected chi connectivity index (χ0v) is 13.2. The first kappa shape index (κ1) is 16.5. The van der Waals surface area contributed by atoms with Crippen LogP contribution in [0.5, 0.6) is 0 Å². The number of nitrogens with two attached hydrogens (primary N) is 1. The predicted molar refractivity (Wildman–Crippen MR) is 92.5 cm³/mol. The van der Waals surface area contributed by atoms with E-state index in [1.54, 1.807) is 25.1 Å². The van der Waals surface area contributed by atoms with Gasteiger partial charge in [-0.05, 0) is 30.7 Å².